The molecule has 1 atom stereocenters. The van der Waals surface area contributed by atoms with Crippen LogP contribution in [-0.2, 0) is 11.3 Å². The number of benzene rings is 1. The third kappa shape index (κ3) is 3.77. The molecule has 2 heterocycles. The van der Waals surface area contributed by atoms with Gasteiger partial charge < -0.3 is 11.2 Å². The number of thioether (sulfide) groups is 1. The van der Waals surface area contributed by atoms with Gasteiger partial charge in [0.1, 0.15) is 0 Å². The van der Waals surface area contributed by atoms with Crippen LogP contribution in [0.1, 0.15) is 12.5 Å². The quantitative estimate of drug-likeness (QED) is 0.522. The van der Waals surface area contributed by atoms with Gasteiger partial charge in [0.2, 0.25) is 11.1 Å². The van der Waals surface area contributed by atoms with E-state index in [2.05, 4.69) is 15.5 Å². The van der Waals surface area contributed by atoms with Crippen LogP contribution in [0.3, 0.4) is 0 Å². The lowest BCUT2D eigenvalue weighted by atomic mass is 10.2. The highest BCUT2D eigenvalue weighted by atomic mass is 32.2. The fraction of sp³-hybridized carbons (Fsp3) is 0.188. The van der Waals surface area contributed by atoms with Gasteiger partial charge in [-0.05, 0) is 23.9 Å². The van der Waals surface area contributed by atoms with E-state index in [0.29, 0.717) is 17.5 Å². The zero-order chi connectivity index (χ0) is 16.9. The van der Waals surface area contributed by atoms with E-state index in [1.54, 1.807) is 11.3 Å². The maximum atomic E-state index is 12.2. The zero-order valence-corrected chi connectivity index (χ0v) is 14.7. The molecule has 0 spiro atoms. The fourth-order valence-electron chi connectivity index (χ4n) is 2.07. The van der Waals surface area contributed by atoms with Crippen LogP contribution in [0, 0.1) is 0 Å². The first kappa shape index (κ1) is 16.5. The Bertz CT molecular complexity index is 801. The SMILES string of the molecule is C[C@@H](Sc1nnc(-c2cccs2)n1N)C(=O)NCc1ccccc1. The molecule has 3 aromatic rings. The summed E-state index contributed by atoms with van der Waals surface area (Å²) >= 11 is 2.83. The molecule has 124 valence electrons. The molecule has 0 saturated heterocycles. The highest BCUT2D eigenvalue weighted by molar-refractivity contribution is 8.00. The van der Waals surface area contributed by atoms with E-state index in [9.17, 15) is 4.79 Å². The third-order valence-corrected chi connectivity index (χ3v) is 5.29. The summed E-state index contributed by atoms with van der Waals surface area (Å²) in [4.78, 5) is 13.2. The molecule has 1 amide bonds. The molecule has 0 aliphatic rings. The van der Waals surface area contributed by atoms with Crippen molar-refractivity contribution < 1.29 is 4.79 Å². The predicted molar refractivity (Wildman–Crippen MR) is 97.1 cm³/mol. The van der Waals surface area contributed by atoms with Gasteiger partial charge in [-0.1, -0.05) is 48.2 Å². The summed E-state index contributed by atoms with van der Waals surface area (Å²) < 4.78 is 1.43. The lowest BCUT2D eigenvalue weighted by molar-refractivity contribution is -0.120. The topological polar surface area (TPSA) is 85.8 Å². The van der Waals surface area contributed by atoms with Gasteiger partial charge in [-0.2, -0.15) is 0 Å². The second-order valence-electron chi connectivity index (χ2n) is 5.12. The number of carbonyl (C=O) groups excluding carboxylic acids is 1. The molecule has 3 N–H and O–H groups in total. The average molecular weight is 359 g/mol. The minimum Gasteiger partial charge on any atom is -0.351 e. The van der Waals surface area contributed by atoms with E-state index in [1.807, 2.05) is 54.8 Å². The Morgan fingerprint density at radius 1 is 1.29 bits per heavy atom. The van der Waals surface area contributed by atoms with Crippen LogP contribution in [-0.4, -0.2) is 26.0 Å². The summed E-state index contributed by atoms with van der Waals surface area (Å²) in [6.07, 6.45) is 0. The fourth-order valence-corrected chi connectivity index (χ4v) is 3.57. The molecule has 24 heavy (non-hydrogen) atoms. The summed E-state index contributed by atoms with van der Waals surface area (Å²) in [6, 6.07) is 13.7. The molecule has 0 bridgehead atoms. The molecule has 0 saturated carbocycles. The monoisotopic (exact) mass is 359 g/mol. The van der Waals surface area contributed by atoms with Gasteiger partial charge >= 0.3 is 0 Å². The van der Waals surface area contributed by atoms with Gasteiger partial charge in [-0.3, -0.25) is 4.79 Å². The second kappa shape index (κ2) is 7.50. The summed E-state index contributed by atoms with van der Waals surface area (Å²) in [6.45, 7) is 2.32. The Balaban J connectivity index is 1.60. The lowest BCUT2D eigenvalue weighted by Gasteiger charge is -2.11. The van der Waals surface area contributed by atoms with Gasteiger partial charge in [-0.15, -0.1) is 21.5 Å². The Kier molecular flexibility index (Phi) is 5.17. The van der Waals surface area contributed by atoms with E-state index < -0.39 is 0 Å². The van der Waals surface area contributed by atoms with Gasteiger partial charge in [0, 0.05) is 6.54 Å². The van der Waals surface area contributed by atoms with E-state index >= 15 is 0 Å². The largest absolute Gasteiger partial charge is 0.351 e. The molecule has 6 nitrogen and oxygen atoms in total. The number of thiophene rings is 1. The summed E-state index contributed by atoms with van der Waals surface area (Å²) in [5.41, 5.74) is 1.06. The maximum Gasteiger partial charge on any atom is 0.233 e. The molecular weight excluding hydrogens is 342 g/mol. The van der Waals surface area contributed by atoms with E-state index in [-0.39, 0.29) is 11.2 Å². The summed E-state index contributed by atoms with van der Waals surface area (Å²) in [5, 5.41) is 13.3. The molecule has 8 heteroatoms. The number of aromatic nitrogens is 3. The van der Waals surface area contributed by atoms with Crippen LogP contribution in [0.2, 0.25) is 0 Å². The van der Waals surface area contributed by atoms with Crippen molar-refractivity contribution in [2.75, 3.05) is 5.84 Å². The Morgan fingerprint density at radius 3 is 2.79 bits per heavy atom. The molecule has 0 fully saturated rings. The third-order valence-electron chi connectivity index (χ3n) is 3.37. The van der Waals surface area contributed by atoms with Gasteiger partial charge in [-0.25, -0.2) is 4.68 Å². The van der Waals surface area contributed by atoms with Crippen molar-refractivity contribution in [2.24, 2.45) is 0 Å². The first-order valence-electron chi connectivity index (χ1n) is 7.38. The molecule has 0 unspecified atom stereocenters. The normalized spacial score (nSPS) is 12.0. The number of hydrogen-bond donors (Lipinski definition) is 2. The van der Waals surface area contributed by atoms with Crippen molar-refractivity contribution in [1.82, 2.24) is 20.2 Å². The van der Waals surface area contributed by atoms with Crippen LogP contribution in [0.4, 0.5) is 0 Å². The number of rotatable bonds is 6. The number of nitrogens with two attached hydrogens (primary N) is 1. The number of hydrogen-bond acceptors (Lipinski definition) is 6. The van der Waals surface area contributed by atoms with Crippen LogP contribution in [0.5, 0.6) is 0 Å². The Morgan fingerprint density at radius 2 is 2.08 bits per heavy atom. The van der Waals surface area contributed by atoms with E-state index in [1.165, 1.54) is 16.4 Å². The van der Waals surface area contributed by atoms with Gasteiger partial charge in [0.15, 0.2) is 5.82 Å². The first-order valence-corrected chi connectivity index (χ1v) is 9.13. The van der Waals surface area contributed by atoms with Crippen LogP contribution in [0.25, 0.3) is 10.7 Å². The molecule has 0 aliphatic carbocycles. The summed E-state index contributed by atoms with van der Waals surface area (Å²) in [7, 11) is 0. The second-order valence-corrected chi connectivity index (χ2v) is 7.37. The Hall–Kier alpha value is -2.32. The van der Waals surface area contributed by atoms with E-state index in [4.69, 9.17) is 5.84 Å². The van der Waals surface area contributed by atoms with Crippen molar-refractivity contribution in [1.29, 1.82) is 0 Å². The van der Waals surface area contributed by atoms with Crippen LogP contribution in [0.15, 0.2) is 53.0 Å². The highest BCUT2D eigenvalue weighted by Gasteiger charge is 2.20. The molecule has 2 aromatic heterocycles. The number of nitrogen functional groups attached to an aromatic ring is 1. The first-order chi connectivity index (χ1) is 11.6. The number of amides is 1. The van der Waals surface area contributed by atoms with Gasteiger partial charge in [0.05, 0.1) is 10.1 Å². The standard InChI is InChI=1S/C16H17N5OS2/c1-11(15(22)18-10-12-6-3-2-4-7-12)24-16-20-19-14(21(16)17)13-8-5-9-23-13/h2-9,11H,10,17H2,1H3,(H,18,22)/t11-/m1/s1. The van der Waals surface area contributed by atoms with Crippen molar-refractivity contribution in [3.8, 4) is 10.7 Å². The lowest BCUT2D eigenvalue weighted by Crippen LogP contribution is -2.30. The number of nitrogens with zero attached hydrogens (tertiary/aromatic N) is 3. The predicted octanol–water partition coefficient (Wildman–Crippen LogP) is 2.52. The summed E-state index contributed by atoms with van der Waals surface area (Å²) in [5.74, 6) is 6.59. The molecule has 0 aliphatic heterocycles. The maximum absolute atomic E-state index is 12.2. The minimum absolute atomic E-state index is 0.0653. The van der Waals surface area contributed by atoms with Crippen molar-refractivity contribution in [3.05, 3.63) is 53.4 Å². The van der Waals surface area contributed by atoms with Crippen LogP contribution < -0.4 is 11.2 Å². The Labute approximate surface area is 148 Å². The average Bonchev–Trinajstić information content (AvgIpc) is 3.24. The highest BCUT2D eigenvalue weighted by Crippen LogP contribution is 2.27. The van der Waals surface area contributed by atoms with Crippen LogP contribution >= 0.6 is 23.1 Å². The van der Waals surface area contributed by atoms with Crippen molar-refractivity contribution >= 4 is 29.0 Å². The molecular formula is C16H17N5OS2. The molecule has 0 radical (unpaired) electrons. The number of carbonyl (C=O) groups is 1. The van der Waals surface area contributed by atoms with Crippen molar-refractivity contribution in [2.45, 2.75) is 23.9 Å². The molecule has 1 aromatic carbocycles. The zero-order valence-electron chi connectivity index (χ0n) is 13.0. The smallest absolute Gasteiger partial charge is 0.233 e. The van der Waals surface area contributed by atoms with Gasteiger partial charge in [0.25, 0.3) is 0 Å². The van der Waals surface area contributed by atoms with Crippen molar-refractivity contribution in [3.63, 3.8) is 0 Å². The molecule has 3 rings (SSSR count). The minimum atomic E-state index is -0.323. The number of nitrogens with one attached hydrogen (secondary N) is 1. The van der Waals surface area contributed by atoms with E-state index in [0.717, 1.165) is 10.4 Å².